The van der Waals surface area contributed by atoms with Gasteiger partial charge in [0.1, 0.15) is 5.69 Å². The fourth-order valence-corrected chi connectivity index (χ4v) is 1.22. The molecule has 0 unspecified atom stereocenters. The summed E-state index contributed by atoms with van der Waals surface area (Å²) >= 11 is 0. The summed E-state index contributed by atoms with van der Waals surface area (Å²) in [6.07, 6.45) is 8.69. The third kappa shape index (κ3) is 3.40. The number of hydrogen-bond acceptors (Lipinski definition) is 2. The van der Waals surface area contributed by atoms with Gasteiger partial charge in [-0.2, -0.15) is 0 Å². The average Bonchev–Trinajstić information content (AvgIpc) is 2.60. The van der Waals surface area contributed by atoms with Gasteiger partial charge in [0.2, 0.25) is 0 Å². The van der Waals surface area contributed by atoms with Crippen LogP contribution in [0.5, 0.6) is 0 Å². The van der Waals surface area contributed by atoms with Crippen molar-refractivity contribution in [3.63, 3.8) is 0 Å². The standard InChI is InChI=1S/C10H17N3/c1-3-5-6-7-8-13-9-10(4-2)11-12-13/h4,9H,2-3,5-8H2,1H3. The van der Waals surface area contributed by atoms with Gasteiger partial charge in [0.15, 0.2) is 0 Å². The second kappa shape index (κ2) is 5.51. The summed E-state index contributed by atoms with van der Waals surface area (Å²) in [5, 5.41) is 7.91. The second-order valence-electron chi connectivity index (χ2n) is 3.17. The zero-order valence-corrected chi connectivity index (χ0v) is 8.24. The second-order valence-corrected chi connectivity index (χ2v) is 3.17. The largest absolute Gasteiger partial charge is 0.252 e. The maximum Gasteiger partial charge on any atom is 0.105 e. The van der Waals surface area contributed by atoms with E-state index in [2.05, 4.69) is 23.8 Å². The Morgan fingerprint density at radius 3 is 2.92 bits per heavy atom. The minimum absolute atomic E-state index is 0.857. The fourth-order valence-electron chi connectivity index (χ4n) is 1.22. The molecule has 1 aromatic rings. The predicted octanol–water partition coefficient (Wildman–Crippen LogP) is 2.50. The van der Waals surface area contributed by atoms with Crippen molar-refractivity contribution in [2.45, 2.75) is 39.2 Å². The molecular weight excluding hydrogens is 162 g/mol. The van der Waals surface area contributed by atoms with Crippen molar-refractivity contribution in [2.24, 2.45) is 0 Å². The molecule has 0 bridgehead atoms. The molecule has 1 aromatic heterocycles. The summed E-state index contributed by atoms with van der Waals surface area (Å²) < 4.78 is 1.88. The first-order valence-corrected chi connectivity index (χ1v) is 4.89. The molecule has 72 valence electrons. The van der Waals surface area contributed by atoms with Crippen LogP contribution in [0.3, 0.4) is 0 Å². The van der Waals surface area contributed by atoms with E-state index in [0.717, 1.165) is 12.2 Å². The Labute approximate surface area is 79.5 Å². The Hall–Kier alpha value is -1.12. The quantitative estimate of drug-likeness (QED) is 0.628. The molecule has 0 amide bonds. The van der Waals surface area contributed by atoms with Gasteiger partial charge in [-0.15, -0.1) is 5.10 Å². The van der Waals surface area contributed by atoms with Crippen LogP contribution in [0.25, 0.3) is 6.08 Å². The molecule has 13 heavy (non-hydrogen) atoms. The Morgan fingerprint density at radius 1 is 1.46 bits per heavy atom. The molecule has 0 fully saturated rings. The maximum atomic E-state index is 3.98. The lowest BCUT2D eigenvalue weighted by Gasteiger charge is -1.98. The minimum atomic E-state index is 0.857. The molecule has 0 aliphatic rings. The molecule has 0 radical (unpaired) electrons. The Balaban J connectivity index is 2.24. The predicted molar refractivity (Wildman–Crippen MR) is 54.3 cm³/mol. The molecule has 1 heterocycles. The molecule has 0 atom stereocenters. The minimum Gasteiger partial charge on any atom is -0.252 e. The third-order valence-corrected chi connectivity index (χ3v) is 2.01. The van der Waals surface area contributed by atoms with Crippen LogP contribution >= 0.6 is 0 Å². The lowest BCUT2D eigenvalue weighted by molar-refractivity contribution is 0.527. The molecule has 0 N–H and O–H groups in total. The third-order valence-electron chi connectivity index (χ3n) is 2.01. The molecule has 0 aliphatic carbocycles. The van der Waals surface area contributed by atoms with Crippen molar-refractivity contribution < 1.29 is 0 Å². The lowest BCUT2D eigenvalue weighted by atomic mass is 10.2. The Kier molecular flexibility index (Phi) is 4.23. The summed E-state index contributed by atoms with van der Waals surface area (Å²) in [6, 6.07) is 0. The summed E-state index contributed by atoms with van der Waals surface area (Å²) in [7, 11) is 0. The molecule has 0 aliphatic heterocycles. The van der Waals surface area contributed by atoms with Crippen molar-refractivity contribution in [2.75, 3.05) is 0 Å². The average molecular weight is 179 g/mol. The highest BCUT2D eigenvalue weighted by molar-refractivity contribution is 5.38. The zero-order chi connectivity index (χ0) is 9.52. The highest BCUT2D eigenvalue weighted by Crippen LogP contribution is 2.01. The number of hydrogen-bond donors (Lipinski definition) is 0. The highest BCUT2D eigenvalue weighted by atomic mass is 15.4. The van der Waals surface area contributed by atoms with E-state index in [0.29, 0.717) is 0 Å². The van der Waals surface area contributed by atoms with E-state index >= 15 is 0 Å². The van der Waals surface area contributed by atoms with Gasteiger partial charge in [-0.3, -0.25) is 4.68 Å². The molecule has 0 spiro atoms. The number of rotatable bonds is 6. The van der Waals surface area contributed by atoms with E-state index < -0.39 is 0 Å². The van der Waals surface area contributed by atoms with Gasteiger partial charge in [-0.05, 0) is 12.5 Å². The summed E-state index contributed by atoms with van der Waals surface area (Å²) in [4.78, 5) is 0. The van der Waals surface area contributed by atoms with Gasteiger partial charge in [0.25, 0.3) is 0 Å². The number of aromatic nitrogens is 3. The normalized spacial score (nSPS) is 10.2. The molecule has 0 saturated heterocycles. The SMILES string of the molecule is C=Cc1cn(CCCCCC)nn1. The van der Waals surface area contributed by atoms with Gasteiger partial charge in [-0.25, -0.2) is 0 Å². The van der Waals surface area contributed by atoms with Gasteiger partial charge in [0.05, 0.1) is 6.20 Å². The number of unbranched alkanes of at least 4 members (excludes halogenated alkanes) is 3. The van der Waals surface area contributed by atoms with E-state index in [4.69, 9.17) is 0 Å². The molecule has 0 aromatic carbocycles. The first-order chi connectivity index (χ1) is 6.36. The van der Waals surface area contributed by atoms with Crippen LogP contribution in [0.2, 0.25) is 0 Å². The highest BCUT2D eigenvalue weighted by Gasteiger charge is 1.95. The van der Waals surface area contributed by atoms with E-state index in [1.807, 2.05) is 10.9 Å². The van der Waals surface area contributed by atoms with Crippen LogP contribution in [0.4, 0.5) is 0 Å². The molecule has 3 heteroatoms. The first kappa shape index (κ1) is 9.96. The van der Waals surface area contributed by atoms with Crippen molar-refractivity contribution in [1.82, 2.24) is 15.0 Å². The van der Waals surface area contributed by atoms with E-state index in [1.54, 1.807) is 6.08 Å². The van der Waals surface area contributed by atoms with Crippen LogP contribution < -0.4 is 0 Å². The lowest BCUT2D eigenvalue weighted by Crippen LogP contribution is -1.98. The summed E-state index contributed by atoms with van der Waals surface area (Å²) in [5.41, 5.74) is 0.857. The van der Waals surface area contributed by atoms with E-state index in [9.17, 15) is 0 Å². The van der Waals surface area contributed by atoms with Crippen molar-refractivity contribution >= 4 is 6.08 Å². The van der Waals surface area contributed by atoms with Crippen LogP contribution in [0.1, 0.15) is 38.3 Å². The van der Waals surface area contributed by atoms with Crippen LogP contribution in [-0.2, 0) is 6.54 Å². The van der Waals surface area contributed by atoms with Crippen molar-refractivity contribution in [3.8, 4) is 0 Å². The number of nitrogens with zero attached hydrogens (tertiary/aromatic N) is 3. The smallest absolute Gasteiger partial charge is 0.105 e. The number of aryl methyl sites for hydroxylation is 1. The van der Waals surface area contributed by atoms with Gasteiger partial charge in [-0.1, -0.05) is 38.0 Å². The van der Waals surface area contributed by atoms with Crippen molar-refractivity contribution in [1.29, 1.82) is 0 Å². The van der Waals surface area contributed by atoms with Crippen LogP contribution in [0.15, 0.2) is 12.8 Å². The molecular formula is C10H17N3. The Bertz CT molecular complexity index is 252. The summed E-state index contributed by atoms with van der Waals surface area (Å²) in [6.45, 7) is 6.82. The Morgan fingerprint density at radius 2 is 2.31 bits per heavy atom. The molecule has 0 saturated carbocycles. The first-order valence-electron chi connectivity index (χ1n) is 4.89. The molecule has 3 nitrogen and oxygen atoms in total. The fraction of sp³-hybridized carbons (Fsp3) is 0.600. The van der Waals surface area contributed by atoms with Crippen molar-refractivity contribution in [3.05, 3.63) is 18.5 Å². The summed E-state index contributed by atoms with van der Waals surface area (Å²) in [5.74, 6) is 0. The van der Waals surface area contributed by atoms with Gasteiger partial charge < -0.3 is 0 Å². The van der Waals surface area contributed by atoms with E-state index in [-0.39, 0.29) is 0 Å². The van der Waals surface area contributed by atoms with Gasteiger partial charge in [0, 0.05) is 6.54 Å². The van der Waals surface area contributed by atoms with E-state index in [1.165, 1.54) is 25.7 Å². The monoisotopic (exact) mass is 179 g/mol. The topological polar surface area (TPSA) is 30.7 Å². The van der Waals surface area contributed by atoms with Crippen LogP contribution in [-0.4, -0.2) is 15.0 Å². The maximum absolute atomic E-state index is 3.98. The molecule has 1 rings (SSSR count). The zero-order valence-electron chi connectivity index (χ0n) is 8.24. The van der Waals surface area contributed by atoms with Crippen LogP contribution in [0, 0.1) is 0 Å². The van der Waals surface area contributed by atoms with Gasteiger partial charge >= 0.3 is 0 Å².